The summed E-state index contributed by atoms with van der Waals surface area (Å²) in [6, 6.07) is 12.4. The van der Waals surface area contributed by atoms with E-state index in [0.717, 1.165) is 17.5 Å². The van der Waals surface area contributed by atoms with Gasteiger partial charge in [-0.05, 0) is 36.1 Å². The molecule has 0 N–H and O–H groups in total. The number of aryl methyl sites for hydroxylation is 1. The lowest BCUT2D eigenvalue weighted by Crippen LogP contribution is -2.31. The summed E-state index contributed by atoms with van der Waals surface area (Å²) in [5, 5.41) is 10.7. The Morgan fingerprint density at radius 1 is 1.08 bits per heavy atom. The van der Waals surface area contributed by atoms with Crippen LogP contribution in [-0.4, -0.2) is 22.3 Å². The second-order valence-electron chi connectivity index (χ2n) is 5.87. The van der Waals surface area contributed by atoms with Crippen LogP contribution < -0.4 is 0 Å². The third kappa shape index (κ3) is 5.67. The first-order chi connectivity index (χ1) is 12.0. The van der Waals surface area contributed by atoms with Crippen LogP contribution in [0.5, 0.6) is 0 Å². The number of carbonyl (C=O) groups excluding carboxylic acids is 1. The number of hydrogen-bond donors (Lipinski definition) is 0. The van der Waals surface area contributed by atoms with E-state index >= 15 is 0 Å². The minimum atomic E-state index is -0.443. The third-order valence-electron chi connectivity index (χ3n) is 3.91. The lowest BCUT2D eigenvalue weighted by Gasteiger charge is -2.22. The van der Waals surface area contributed by atoms with Gasteiger partial charge in [0.2, 0.25) is 5.91 Å². The molecule has 1 amide bonds. The summed E-state index contributed by atoms with van der Waals surface area (Å²) < 4.78 is 12.9. The molecule has 0 aromatic heterocycles. The molecule has 2 aromatic rings. The molecular formula is C19H21FN2O3. The second-order valence-corrected chi connectivity index (χ2v) is 5.87. The maximum atomic E-state index is 12.9. The smallest absolute Gasteiger partial charge is 0.269 e. The lowest BCUT2D eigenvalue weighted by atomic mass is 10.1. The molecule has 0 aliphatic carbocycles. The number of hydrogen-bond acceptors (Lipinski definition) is 3. The molecule has 0 heterocycles. The van der Waals surface area contributed by atoms with Gasteiger partial charge in [0.1, 0.15) is 5.82 Å². The molecule has 0 atom stereocenters. The van der Waals surface area contributed by atoms with Crippen LogP contribution in [0.4, 0.5) is 10.1 Å². The molecule has 0 radical (unpaired) electrons. The molecule has 0 aliphatic rings. The quantitative estimate of drug-likeness (QED) is 0.535. The Bertz CT molecular complexity index is 714. The summed E-state index contributed by atoms with van der Waals surface area (Å²) in [6.07, 6.45) is 1.73. The fourth-order valence-corrected chi connectivity index (χ4v) is 2.57. The fourth-order valence-electron chi connectivity index (χ4n) is 2.57. The Morgan fingerprint density at radius 2 is 1.68 bits per heavy atom. The molecule has 0 spiro atoms. The van der Waals surface area contributed by atoms with E-state index in [9.17, 15) is 19.3 Å². The largest absolute Gasteiger partial charge is 0.338 e. The SMILES string of the molecule is CCCN(Cc1ccc([N+](=O)[O-])cc1)C(=O)CCc1ccc(F)cc1. The van der Waals surface area contributed by atoms with Gasteiger partial charge in [-0.1, -0.05) is 31.2 Å². The highest BCUT2D eigenvalue weighted by atomic mass is 19.1. The van der Waals surface area contributed by atoms with Crippen molar-refractivity contribution in [2.45, 2.75) is 32.7 Å². The lowest BCUT2D eigenvalue weighted by molar-refractivity contribution is -0.384. The normalized spacial score (nSPS) is 10.5. The minimum absolute atomic E-state index is 0.0181. The van der Waals surface area contributed by atoms with Crippen molar-refractivity contribution in [3.63, 3.8) is 0 Å². The van der Waals surface area contributed by atoms with Gasteiger partial charge in [0.25, 0.3) is 5.69 Å². The molecule has 25 heavy (non-hydrogen) atoms. The molecule has 0 bridgehead atoms. The number of nitro benzene ring substituents is 1. The zero-order valence-electron chi connectivity index (χ0n) is 14.2. The summed E-state index contributed by atoms with van der Waals surface area (Å²) >= 11 is 0. The zero-order chi connectivity index (χ0) is 18.2. The third-order valence-corrected chi connectivity index (χ3v) is 3.91. The van der Waals surface area contributed by atoms with E-state index in [4.69, 9.17) is 0 Å². The number of nitro groups is 1. The zero-order valence-corrected chi connectivity index (χ0v) is 14.2. The van der Waals surface area contributed by atoms with Gasteiger partial charge in [0.05, 0.1) is 4.92 Å². The van der Waals surface area contributed by atoms with Crippen LogP contribution in [0.1, 0.15) is 30.9 Å². The first kappa shape index (κ1) is 18.6. The molecular weight excluding hydrogens is 323 g/mol. The van der Waals surface area contributed by atoms with E-state index in [2.05, 4.69) is 0 Å². The molecule has 0 aliphatic heterocycles. The standard InChI is InChI=1S/C19H21FN2O3/c1-2-13-21(14-16-5-10-18(11-6-16)22(24)25)19(23)12-7-15-3-8-17(20)9-4-15/h3-6,8-11H,2,7,12-14H2,1H3. The fraction of sp³-hybridized carbons (Fsp3) is 0.316. The molecule has 0 saturated heterocycles. The van der Waals surface area contributed by atoms with Gasteiger partial charge in [-0.3, -0.25) is 14.9 Å². The van der Waals surface area contributed by atoms with E-state index in [1.807, 2.05) is 6.92 Å². The summed E-state index contributed by atoms with van der Waals surface area (Å²) in [6.45, 7) is 3.05. The number of halogens is 1. The minimum Gasteiger partial charge on any atom is -0.338 e. The van der Waals surface area contributed by atoms with Gasteiger partial charge in [0.15, 0.2) is 0 Å². The van der Waals surface area contributed by atoms with Crippen LogP contribution in [0.15, 0.2) is 48.5 Å². The predicted molar refractivity (Wildman–Crippen MR) is 93.5 cm³/mol. The molecule has 5 nitrogen and oxygen atoms in total. The average Bonchev–Trinajstić information content (AvgIpc) is 2.61. The Balaban J connectivity index is 1.97. The number of amides is 1. The van der Waals surface area contributed by atoms with Gasteiger partial charge < -0.3 is 4.90 Å². The number of nitrogens with zero attached hydrogens (tertiary/aromatic N) is 2. The first-order valence-electron chi connectivity index (χ1n) is 8.25. The van der Waals surface area contributed by atoms with E-state index in [1.165, 1.54) is 24.3 Å². The van der Waals surface area contributed by atoms with Crippen LogP contribution in [-0.2, 0) is 17.8 Å². The molecule has 0 fully saturated rings. The Hall–Kier alpha value is -2.76. The van der Waals surface area contributed by atoms with Crippen molar-refractivity contribution < 1.29 is 14.1 Å². The van der Waals surface area contributed by atoms with Gasteiger partial charge in [-0.2, -0.15) is 0 Å². The van der Waals surface area contributed by atoms with Gasteiger partial charge in [-0.15, -0.1) is 0 Å². The van der Waals surface area contributed by atoms with Gasteiger partial charge >= 0.3 is 0 Å². The second kappa shape index (κ2) is 8.92. The van der Waals surface area contributed by atoms with E-state index in [0.29, 0.717) is 25.9 Å². The monoisotopic (exact) mass is 344 g/mol. The van der Waals surface area contributed by atoms with Crippen molar-refractivity contribution >= 4 is 11.6 Å². The summed E-state index contributed by atoms with van der Waals surface area (Å²) in [5.74, 6) is -0.273. The molecule has 0 saturated carbocycles. The molecule has 0 unspecified atom stereocenters. The van der Waals surface area contributed by atoms with Crippen molar-refractivity contribution in [1.82, 2.24) is 4.90 Å². The van der Waals surface area contributed by atoms with Crippen molar-refractivity contribution in [3.05, 3.63) is 75.6 Å². The maximum Gasteiger partial charge on any atom is 0.269 e. The summed E-state index contributed by atoms with van der Waals surface area (Å²) in [4.78, 5) is 24.5. The number of rotatable bonds is 8. The molecule has 2 rings (SSSR count). The van der Waals surface area contributed by atoms with Gasteiger partial charge in [0, 0.05) is 31.6 Å². The van der Waals surface area contributed by atoms with Crippen LogP contribution in [0.25, 0.3) is 0 Å². The topological polar surface area (TPSA) is 63.4 Å². The Kier molecular flexibility index (Phi) is 6.62. The van der Waals surface area contributed by atoms with Crippen molar-refractivity contribution in [1.29, 1.82) is 0 Å². The Morgan fingerprint density at radius 3 is 2.24 bits per heavy atom. The summed E-state index contributed by atoms with van der Waals surface area (Å²) in [7, 11) is 0. The van der Waals surface area contributed by atoms with E-state index in [1.54, 1.807) is 29.2 Å². The van der Waals surface area contributed by atoms with Crippen molar-refractivity contribution in [2.24, 2.45) is 0 Å². The first-order valence-corrected chi connectivity index (χ1v) is 8.25. The highest BCUT2D eigenvalue weighted by molar-refractivity contribution is 5.76. The molecule has 6 heteroatoms. The number of non-ortho nitro benzene ring substituents is 1. The highest BCUT2D eigenvalue weighted by Gasteiger charge is 2.14. The molecule has 132 valence electrons. The average molecular weight is 344 g/mol. The van der Waals surface area contributed by atoms with Gasteiger partial charge in [-0.25, -0.2) is 4.39 Å². The summed E-state index contributed by atoms with van der Waals surface area (Å²) in [5.41, 5.74) is 1.81. The number of benzene rings is 2. The number of carbonyl (C=O) groups is 1. The van der Waals surface area contributed by atoms with E-state index in [-0.39, 0.29) is 17.4 Å². The van der Waals surface area contributed by atoms with Crippen molar-refractivity contribution in [3.8, 4) is 0 Å². The van der Waals surface area contributed by atoms with Crippen LogP contribution >= 0.6 is 0 Å². The Labute approximate surface area is 146 Å². The maximum absolute atomic E-state index is 12.9. The predicted octanol–water partition coefficient (Wildman–Crippen LogP) is 4.11. The highest BCUT2D eigenvalue weighted by Crippen LogP contribution is 2.15. The van der Waals surface area contributed by atoms with Crippen LogP contribution in [0.3, 0.4) is 0 Å². The molecule has 2 aromatic carbocycles. The van der Waals surface area contributed by atoms with Crippen LogP contribution in [0.2, 0.25) is 0 Å². The van der Waals surface area contributed by atoms with E-state index < -0.39 is 4.92 Å². The van der Waals surface area contributed by atoms with Crippen molar-refractivity contribution in [2.75, 3.05) is 6.54 Å². The van der Waals surface area contributed by atoms with Crippen LogP contribution in [0, 0.1) is 15.9 Å².